The third kappa shape index (κ3) is 33.2. The third-order valence-electron chi connectivity index (χ3n) is 8.45. The van der Waals surface area contributed by atoms with Gasteiger partial charge in [0.1, 0.15) is 0 Å². The number of hydrogen-bond donors (Lipinski definition) is 4. The molecule has 9 heteroatoms. The fourth-order valence-electron chi connectivity index (χ4n) is 5.46. The molecule has 5 N–H and O–H groups in total. The summed E-state index contributed by atoms with van der Waals surface area (Å²) >= 11 is 0. The van der Waals surface area contributed by atoms with Gasteiger partial charge in [-0.2, -0.15) is 0 Å². The van der Waals surface area contributed by atoms with Crippen LogP contribution in [0.3, 0.4) is 0 Å². The van der Waals surface area contributed by atoms with Gasteiger partial charge in [-0.05, 0) is 44.9 Å². The van der Waals surface area contributed by atoms with Crippen molar-refractivity contribution in [2.24, 2.45) is 5.73 Å². The molecule has 0 aromatic heterocycles. The van der Waals surface area contributed by atoms with Gasteiger partial charge in [-0.15, -0.1) is 0 Å². The molecule has 0 fully saturated rings. The molecule has 1 amide bonds. The number of rotatable bonds is 36. The maximum Gasteiger partial charge on any atom is 0.472 e. The maximum atomic E-state index is 12.6. The molecule has 0 saturated heterocycles. The monoisotopic (exact) mass is 699 g/mol. The largest absolute Gasteiger partial charge is 0.472 e. The van der Waals surface area contributed by atoms with Gasteiger partial charge in [-0.25, -0.2) is 4.57 Å². The molecule has 0 spiro atoms. The van der Waals surface area contributed by atoms with E-state index in [0.29, 0.717) is 6.42 Å². The fourth-order valence-corrected chi connectivity index (χ4v) is 6.22. The van der Waals surface area contributed by atoms with Crippen LogP contribution in [0.4, 0.5) is 0 Å². The van der Waals surface area contributed by atoms with Gasteiger partial charge in [0.15, 0.2) is 0 Å². The number of hydrogen-bond acceptors (Lipinski definition) is 6. The van der Waals surface area contributed by atoms with Crippen molar-refractivity contribution in [2.45, 2.75) is 187 Å². The Morgan fingerprint density at radius 1 is 0.667 bits per heavy atom. The zero-order valence-electron chi connectivity index (χ0n) is 31.0. The minimum absolute atomic E-state index is 0.0723. The zero-order chi connectivity index (χ0) is 35.4. The molecule has 0 aliphatic rings. The number of unbranched alkanes of at least 4 members (excludes halogenated alkanes) is 20. The van der Waals surface area contributed by atoms with E-state index < -0.39 is 20.0 Å². The predicted molar refractivity (Wildman–Crippen MR) is 203 cm³/mol. The van der Waals surface area contributed by atoms with Crippen molar-refractivity contribution in [1.82, 2.24) is 5.32 Å². The Labute approximate surface area is 295 Å². The van der Waals surface area contributed by atoms with Crippen molar-refractivity contribution >= 4 is 13.7 Å². The number of aliphatic hydroxyl groups is 1. The molecule has 0 rings (SSSR count). The lowest BCUT2D eigenvalue weighted by atomic mass is 10.1. The highest BCUT2D eigenvalue weighted by Crippen LogP contribution is 2.43. The first kappa shape index (κ1) is 46.7. The number of carbonyl (C=O) groups is 1. The molecule has 0 aromatic rings. The van der Waals surface area contributed by atoms with Crippen LogP contribution in [0.5, 0.6) is 0 Å². The summed E-state index contributed by atoms with van der Waals surface area (Å²) in [6.45, 7) is 4.07. The van der Waals surface area contributed by atoms with Crippen molar-refractivity contribution in [2.75, 3.05) is 19.8 Å². The molecule has 0 saturated carbocycles. The number of aliphatic hydroxyl groups excluding tert-OH is 1. The Morgan fingerprint density at radius 3 is 1.60 bits per heavy atom. The number of allylic oxidation sites excluding steroid dienone is 5. The van der Waals surface area contributed by atoms with Gasteiger partial charge >= 0.3 is 7.82 Å². The van der Waals surface area contributed by atoms with Crippen molar-refractivity contribution in [3.8, 4) is 0 Å². The number of amides is 1. The van der Waals surface area contributed by atoms with E-state index in [1.807, 2.05) is 6.08 Å². The molecule has 0 bridgehead atoms. The lowest BCUT2D eigenvalue weighted by Crippen LogP contribution is -2.45. The summed E-state index contributed by atoms with van der Waals surface area (Å²) in [5.74, 6) is -0.212. The average Bonchev–Trinajstić information content (AvgIpc) is 3.07. The van der Waals surface area contributed by atoms with E-state index >= 15 is 0 Å². The van der Waals surface area contributed by atoms with Crippen LogP contribution in [0.2, 0.25) is 0 Å². The molecular weight excluding hydrogens is 623 g/mol. The molecule has 0 aliphatic carbocycles. The Kier molecular flexibility index (Phi) is 34.6. The highest BCUT2D eigenvalue weighted by molar-refractivity contribution is 7.47. The first-order chi connectivity index (χ1) is 23.4. The van der Waals surface area contributed by atoms with Gasteiger partial charge < -0.3 is 21.1 Å². The summed E-state index contributed by atoms with van der Waals surface area (Å²) in [6.07, 6.45) is 40.5. The fraction of sp³-hybridized carbons (Fsp3) is 0.821. The Balaban J connectivity index is 4.34. The van der Waals surface area contributed by atoms with Gasteiger partial charge in [0.25, 0.3) is 0 Å². The van der Waals surface area contributed by atoms with Crippen molar-refractivity contribution in [3.63, 3.8) is 0 Å². The van der Waals surface area contributed by atoms with E-state index in [9.17, 15) is 19.4 Å². The smallest absolute Gasteiger partial charge is 0.387 e. The number of phosphoric ester groups is 1. The Morgan fingerprint density at radius 2 is 1.10 bits per heavy atom. The summed E-state index contributed by atoms with van der Waals surface area (Å²) in [5.41, 5.74) is 5.35. The molecule has 282 valence electrons. The molecule has 8 nitrogen and oxygen atoms in total. The Hall–Kier alpha value is -1.28. The van der Waals surface area contributed by atoms with Crippen LogP contribution in [0.25, 0.3) is 0 Å². The van der Waals surface area contributed by atoms with Gasteiger partial charge in [-0.1, -0.05) is 159 Å². The van der Waals surface area contributed by atoms with Gasteiger partial charge in [0.2, 0.25) is 5.91 Å². The highest BCUT2D eigenvalue weighted by atomic mass is 31.2. The molecule has 0 aliphatic heterocycles. The second-order valence-corrected chi connectivity index (χ2v) is 14.6. The van der Waals surface area contributed by atoms with Crippen molar-refractivity contribution < 1.29 is 28.4 Å². The van der Waals surface area contributed by atoms with E-state index in [1.165, 1.54) is 109 Å². The number of phosphoric acid groups is 1. The molecule has 0 radical (unpaired) electrons. The van der Waals surface area contributed by atoms with Crippen LogP contribution in [-0.4, -0.2) is 47.8 Å². The summed E-state index contributed by atoms with van der Waals surface area (Å²) < 4.78 is 22.0. The van der Waals surface area contributed by atoms with Crippen molar-refractivity contribution in [3.05, 3.63) is 36.5 Å². The zero-order valence-corrected chi connectivity index (χ0v) is 31.9. The van der Waals surface area contributed by atoms with Crippen LogP contribution < -0.4 is 11.1 Å². The van der Waals surface area contributed by atoms with Crippen LogP contribution in [0.1, 0.15) is 174 Å². The molecule has 3 unspecified atom stereocenters. The van der Waals surface area contributed by atoms with E-state index in [2.05, 4.69) is 43.5 Å². The van der Waals surface area contributed by atoms with Crippen LogP contribution >= 0.6 is 7.82 Å². The summed E-state index contributed by atoms with van der Waals surface area (Å²) in [7, 11) is -4.34. The molecular formula is C39H75N2O6P. The third-order valence-corrected chi connectivity index (χ3v) is 9.43. The molecule has 48 heavy (non-hydrogen) atoms. The van der Waals surface area contributed by atoms with Gasteiger partial charge in [-0.3, -0.25) is 13.8 Å². The quantitative estimate of drug-likeness (QED) is 0.0291. The lowest BCUT2D eigenvalue weighted by molar-refractivity contribution is -0.123. The average molecular weight is 699 g/mol. The number of carbonyl (C=O) groups excluding carboxylic acids is 1. The van der Waals surface area contributed by atoms with Gasteiger partial charge in [0.05, 0.1) is 25.4 Å². The SMILES string of the molecule is CCCCCCCCCCC/C=C/CC/C=C/CC/C=C/C(O)C(COP(=O)(O)OCCN)NC(=O)CCCCCCCCCCCC. The lowest BCUT2D eigenvalue weighted by Gasteiger charge is -2.23. The van der Waals surface area contributed by atoms with Crippen LogP contribution in [0.15, 0.2) is 36.5 Å². The second kappa shape index (κ2) is 35.5. The minimum atomic E-state index is -4.34. The first-order valence-corrected chi connectivity index (χ1v) is 21.1. The van der Waals surface area contributed by atoms with Gasteiger partial charge in [0, 0.05) is 13.0 Å². The summed E-state index contributed by atoms with van der Waals surface area (Å²) in [5, 5.41) is 13.6. The predicted octanol–water partition coefficient (Wildman–Crippen LogP) is 10.4. The van der Waals surface area contributed by atoms with Crippen LogP contribution in [-0.2, 0) is 18.4 Å². The summed E-state index contributed by atoms with van der Waals surface area (Å²) in [6, 6.07) is -0.878. The number of nitrogens with one attached hydrogen (secondary N) is 1. The summed E-state index contributed by atoms with van der Waals surface area (Å²) in [4.78, 5) is 22.5. The van der Waals surface area contributed by atoms with E-state index in [1.54, 1.807) is 6.08 Å². The Bertz CT molecular complexity index is 850. The maximum absolute atomic E-state index is 12.6. The highest BCUT2D eigenvalue weighted by Gasteiger charge is 2.26. The minimum Gasteiger partial charge on any atom is -0.387 e. The van der Waals surface area contributed by atoms with Crippen LogP contribution in [0, 0.1) is 0 Å². The normalized spacial score (nSPS) is 14.7. The molecule has 0 aromatic carbocycles. The second-order valence-electron chi connectivity index (χ2n) is 13.1. The van der Waals surface area contributed by atoms with Crippen molar-refractivity contribution in [1.29, 1.82) is 0 Å². The van der Waals surface area contributed by atoms with E-state index in [0.717, 1.165) is 44.9 Å². The molecule has 3 atom stereocenters. The first-order valence-electron chi connectivity index (χ1n) is 19.6. The van der Waals surface area contributed by atoms with E-state index in [-0.39, 0.29) is 25.7 Å². The number of nitrogens with two attached hydrogens (primary N) is 1. The molecule has 0 heterocycles. The topological polar surface area (TPSA) is 131 Å². The van der Waals surface area contributed by atoms with E-state index in [4.69, 9.17) is 14.8 Å². The standard InChI is InChI=1S/C39H75N2O6P/c1-3-5-7-9-11-13-15-16-17-18-19-20-21-22-23-24-26-28-30-32-38(42)37(36-47-48(44,45)46-35-34-40)41-39(43)33-31-29-27-25-14-12-10-8-6-4-2/h19-20,23-24,30,32,37-38,42H,3-18,21-22,25-29,31,33-36,40H2,1-2H3,(H,41,43)(H,44,45)/b20-19+,24-23+,32-30+.